The molecule has 1 aliphatic carbocycles. The monoisotopic (exact) mass is 472 g/mol. The van der Waals surface area contributed by atoms with Crippen LogP contribution >= 0.6 is 0 Å². The molecular formula is C29H32N2O4. The van der Waals surface area contributed by atoms with E-state index in [2.05, 4.69) is 27.7 Å². The summed E-state index contributed by atoms with van der Waals surface area (Å²) < 4.78 is 7.81. The van der Waals surface area contributed by atoms with Crippen LogP contribution < -0.4 is 10.3 Å². The molecule has 0 saturated heterocycles. The minimum absolute atomic E-state index is 0.103. The molecule has 2 aliphatic heterocycles. The van der Waals surface area contributed by atoms with Crippen LogP contribution in [0.4, 0.5) is 0 Å². The van der Waals surface area contributed by atoms with Crippen LogP contribution in [0.15, 0.2) is 10.9 Å². The zero-order valence-corrected chi connectivity index (χ0v) is 21.2. The number of hydrogen-bond acceptors (Lipinski definition) is 5. The molecule has 4 heterocycles. The summed E-state index contributed by atoms with van der Waals surface area (Å²) in [6.07, 6.45) is 2.62. The van der Waals surface area contributed by atoms with Crippen LogP contribution in [-0.4, -0.2) is 27.0 Å². The number of Topliss-reactive ketones (excluding diaryl/α,β-unsaturated/α-hetero) is 1. The van der Waals surface area contributed by atoms with E-state index in [-0.39, 0.29) is 24.2 Å². The number of aliphatic hydroxyl groups is 1. The average Bonchev–Trinajstić information content (AvgIpc) is 3.46. The molecule has 6 nitrogen and oxygen atoms in total. The number of hydrogen-bond donors (Lipinski definition) is 1. The fourth-order valence-corrected chi connectivity index (χ4v) is 6.56. The van der Waals surface area contributed by atoms with Gasteiger partial charge in [-0.3, -0.25) is 9.59 Å². The van der Waals surface area contributed by atoms with Crippen molar-refractivity contribution in [3.63, 3.8) is 0 Å². The smallest absolute Gasteiger partial charge is 0.254 e. The minimum Gasteiger partial charge on any atom is -0.493 e. The number of fused-ring (bicyclic) bond motifs is 6. The predicted octanol–water partition coefficient (Wildman–Crippen LogP) is 4.29. The van der Waals surface area contributed by atoms with Gasteiger partial charge in [0.15, 0.2) is 5.78 Å². The zero-order chi connectivity index (χ0) is 24.8. The van der Waals surface area contributed by atoms with E-state index >= 15 is 0 Å². The fraction of sp³-hybridized carbons (Fsp3) is 0.483. The summed E-state index contributed by atoms with van der Waals surface area (Å²) in [6.45, 7) is 11.7. The first-order valence-electron chi connectivity index (χ1n) is 12.8. The van der Waals surface area contributed by atoms with Gasteiger partial charge < -0.3 is 14.4 Å². The normalized spacial score (nSPS) is 20.1. The lowest BCUT2D eigenvalue weighted by Crippen LogP contribution is -2.43. The molecule has 1 aromatic carbocycles. The Kier molecular flexibility index (Phi) is 4.82. The van der Waals surface area contributed by atoms with Crippen molar-refractivity contribution in [1.29, 1.82) is 0 Å². The third-order valence-corrected chi connectivity index (χ3v) is 8.40. The number of nitrogens with zero attached hydrogens (tertiary/aromatic N) is 2. The average molecular weight is 473 g/mol. The van der Waals surface area contributed by atoms with Crippen molar-refractivity contribution in [2.24, 2.45) is 5.92 Å². The Morgan fingerprint density at radius 2 is 1.89 bits per heavy atom. The maximum absolute atomic E-state index is 13.7. The number of aryl methyl sites for hydroxylation is 2. The third-order valence-electron chi connectivity index (χ3n) is 8.40. The topological polar surface area (TPSA) is 81.4 Å². The van der Waals surface area contributed by atoms with Crippen molar-refractivity contribution in [3.8, 4) is 17.1 Å². The molecule has 3 aliphatic rings. The van der Waals surface area contributed by atoms with Crippen molar-refractivity contribution < 1.29 is 14.6 Å². The highest BCUT2D eigenvalue weighted by Crippen LogP contribution is 2.45. The van der Waals surface area contributed by atoms with E-state index in [1.54, 1.807) is 11.5 Å². The lowest BCUT2D eigenvalue weighted by atomic mass is 9.77. The molecule has 182 valence electrons. The Balaban J connectivity index is 1.70. The number of aromatic nitrogens is 2. The van der Waals surface area contributed by atoms with Crippen LogP contribution in [0, 0.1) is 19.8 Å². The zero-order valence-electron chi connectivity index (χ0n) is 21.2. The number of benzene rings is 1. The second-order valence-corrected chi connectivity index (χ2v) is 10.8. The molecule has 1 atom stereocenters. The fourth-order valence-electron chi connectivity index (χ4n) is 6.56. The van der Waals surface area contributed by atoms with Gasteiger partial charge in [0.05, 0.1) is 30.1 Å². The molecule has 0 spiro atoms. The van der Waals surface area contributed by atoms with Crippen LogP contribution in [0.1, 0.15) is 72.6 Å². The molecule has 3 aromatic rings. The van der Waals surface area contributed by atoms with Crippen molar-refractivity contribution in [1.82, 2.24) is 9.55 Å². The van der Waals surface area contributed by atoms with Crippen LogP contribution in [0.25, 0.3) is 22.3 Å². The number of ether oxygens (including phenoxy) is 1. The van der Waals surface area contributed by atoms with Gasteiger partial charge in [-0.25, -0.2) is 4.98 Å². The first-order chi connectivity index (χ1) is 16.7. The summed E-state index contributed by atoms with van der Waals surface area (Å²) in [6, 6.07) is 1.87. The Labute approximate surface area is 205 Å². The van der Waals surface area contributed by atoms with Gasteiger partial charge in [-0.1, -0.05) is 20.8 Å². The van der Waals surface area contributed by atoms with E-state index in [4.69, 9.17) is 9.72 Å². The summed E-state index contributed by atoms with van der Waals surface area (Å²) in [5.41, 5.74) is 7.67. The number of ketones is 1. The molecule has 6 heteroatoms. The van der Waals surface area contributed by atoms with Crippen LogP contribution in [-0.2, 0) is 36.2 Å². The molecule has 35 heavy (non-hydrogen) atoms. The summed E-state index contributed by atoms with van der Waals surface area (Å²) in [5.74, 6) is 1.18. The highest BCUT2D eigenvalue weighted by Gasteiger charge is 2.43. The Hall–Kier alpha value is -2.99. The second kappa shape index (κ2) is 7.50. The van der Waals surface area contributed by atoms with Gasteiger partial charge in [0.1, 0.15) is 11.4 Å². The van der Waals surface area contributed by atoms with E-state index in [0.29, 0.717) is 42.3 Å². The standard InChI is InChI=1S/C29H32N2O4/c1-6-29(34)21-12-22-26-20(13-31(22)28(33)18(21)7-8-23(29)32)19(11-14(2)3)24-15(4)17-9-10-35-27(17)16(5)25(24)30-26/h12,14,34H,6-11,13H2,1-5H3/t29-/m0/s1. The van der Waals surface area contributed by atoms with Crippen LogP contribution in [0.2, 0.25) is 0 Å². The quantitative estimate of drug-likeness (QED) is 0.481. The highest BCUT2D eigenvalue weighted by atomic mass is 16.5. The Morgan fingerprint density at radius 3 is 2.60 bits per heavy atom. The molecule has 2 aromatic heterocycles. The second-order valence-electron chi connectivity index (χ2n) is 10.8. The van der Waals surface area contributed by atoms with Gasteiger partial charge in [0.2, 0.25) is 0 Å². The maximum atomic E-state index is 13.7. The Morgan fingerprint density at radius 1 is 1.11 bits per heavy atom. The largest absolute Gasteiger partial charge is 0.493 e. The lowest BCUT2D eigenvalue weighted by Gasteiger charge is -2.32. The summed E-state index contributed by atoms with van der Waals surface area (Å²) in [7, 11) is 0. The third kappa shape index (κ3) is 2.89. The number of carbonyl (C=O) groups is 1. The van der Waals surface area contributed by atoms with Gasteiger partial charge >= 0.3 is 0 Å². The van der Waals surface area contributed by atoms with E-state index in [1.165, 1.54) is 22.1 Å². The van der Waals surface area contributed by atoms with Crippen molar-refractivity contribution >= 4 is 16.7 Å². The van der Waals surface area contributed by atoms with E-state index in [0.717, 1.165) is 40.9 Å². The van der Waals surface area contributed by atoms with Gasteiger partial charge in [-0.05, 0) is 56.2 Å². The molecule has 0 saturated carbocycles. The SMILES string of the molecule is CC[C@@]1(O)C(=O)CCc2c1cc1n(c2=O)Cc2c-1nc1c(C)c3c(c(C)c1c2CC(C)C)CCO3. The number of carbonyl (C=O) groups excluding carboxylic acids is 1. The molecule has 0 unspecified atom stereocenters. The Bertz CT molecular complexity index is 1510. The predicted molar refractivity (Wildman–Crippen MR) is 135 cm³/mol. The molecule has 6 rings (SSSR count). The summed E-state index contributed by atoms with van der Waals surface area (Å²) in [5, 5.41) is 12.5. The van der Waals surface area contributed by atoms with E-state index < -0.39 is 5.60 Å². The van der Waals surface area contributed by atoms with Crippen molar-refractivity contribution in [2.45, 2.75) is 78.9 Å². The van der Waals surface area contributed by atoms with E-state index in [1.807, 2.05) is 6.07 Å². The van der Waals surface area contributed by atoms with Gasteiger partial charge in [-0.15, -0.1) is 0 Å². The highest BCUT2D eigenvalue weighted by molar-refractivity contribution is 5.96. The number of rotatable bonds is 3. The first-order valence-corrected chi connectivity index (χ1v) is 12.8. The molecule has 1 N–H and O–H groups in total. The van der Waals surface area contributed by atoms with Crippen LogP contribution in [0.3, 0.4) is 0 Å². The van der Waals surface area contributed by atoms with Gasteiger partial charge in [-0.2, -0.15) is 0 Å². The van der Waals surface area contributed by atoms with E-state index in [9.17, 15) is 14.7 Å². The molecule has 0 bridgehead atoms. The molecule has 0 radical (unpaired) electrons. The first kappa shape index (κ1) is 22.5. The number of pyridine rings is 2. The van der Waals surface area contributed by atoms with Crippen molar-refractivity contribution in [3.05, 3.63) is 55.4 Å². The molecular weight excluding hydrogens is 440 g/mol. The van der Waals surface area contributed by atoms with Crippen molar-refractivity contribution in [2.75, 3.05) is 6.61 Å². The van der Waals surface area contributed by atoms with Crippen LogP contribution in [0.5, 0.6) is 5.75 Å². The summed E-state index contributed by atoms with van der Waals surface area (Å²) >= 11 is 0. The van der Waals surface area contributed by atoms with Gasteiger partial charge in [0.25, 0.3) is 5.56 Å². The molecule has 0 amide bonds. The van der Waals surface area contributed by atoms with Gasteiger partial charge in [0, 0.05) is 46.0 Å². The summed E-state index contributed by atoms with van der Waals surface area (Å²) in [4.78, 5) is 31.6. The molecule has 0 fully saturated rings. The maximum Gasteiger partial charge on any atom is 0.254 e. The lowest BCUT2D eigenvalue weighted by molar-refractivity contribution is -0.140. The minimum atomic E-state index is -1.61.